The maximum absolute atomic E-state index is 12.9. The van der Waals surface area contributed by atoms with E-state index in [1.54, 1.807) is 71.0 Å². The number of rotatable bonds is 8. The average Bonchev–Trinajstić information content (AvgIpc) is 2.90. The first-order valence-electron chi connectivity index (χ1n) is 10.8. The van der Waals surface area contributed by atoms with Gasteiger partial charge in [-0.05, 0) is 53.4 Å². The van der Waals surface area contributed by atoms with Crippen LogP contribution in [0.2, 0.25) is 0 Å². The van der Waals surface area contributed by atoms with Gasteiger partial charge in [0.15, 0.2) is 23.0 Å². The van der Waals surface area contributed by atoms with E-state index in [0.717, 1.165) is 16.3 Å². The normalized spacial score (nSPS) is 11.4. The molecule has 180 valence electrons. The largest absolute Gasteiger partial charge is 0.493 e. The zero-order valence-electron chi connectivity index (χ0n) is 19.9. The number of carbonyl (C=O) groups excluding carboxylic acids is 1. The number of methoxy groups -OCH3 is 4. The Hall–Kier alpha value is -4.46. The van der Waals surface area contributed by atoms with E-state index in [1.165, 1.54) is 0 Å². The second-order valence-electron chi connectivity index (χ2n) is 7.52. The number of aromatic nitrogens is 1. The summed E-state index contributed by atoms with van der Waals surface area (Å²) in [5.41, 5.74) is 1.32. The second kappa shape index (κ2) is 10.6. The van der Waals surface area contributed by atoms with Gasteiger partial charge in [0.2, 0.25) is 0 Å². The molecule has 1 heterocycles. The molecule has 35 heavy (non-hydrogen) atoms. The van der Waals surface area contributed by atoms with Gasteiger partial charge < -0.3 is 29.0 Å². The van der Waals surface area contributed by atoms with E-state index in [9.17, 15) is 4.79 Å². The lowest BCUT2D eigenvalue weighted by molar-refractivity contribution is 0.197. The van der Waals surface area contributed by atoms with Crippen molar-refractivity contribution < 1.29 is 28.5 Å². The van der Waals surface area contributed by atoms with Crippen molar-refractivity contribution >= 4 is 16.9 Å². The SMILES string of the molecule is COc1ccc([C@@H](NC(=O)Oc2ccccc2)c2nccc3cc(OC)c(OC)cc23)cc1OC. The lowest BCUT2D eigenvalue weighted by atomic mass is 9.97. The van der Waals surface area contributed by atoms with Crippen LogP contribution in [0.25, 0.3) is 10.8 Å². The summed E-state index contributed by atoms with van der Waals surface area (Å²) in [6.45, 7) is 0. The molecule has 1 aromatic heterocycles. The van der Waals surface area contributed by atoms with Crippen molar-refractivity contribution in [1.82, 2.24) is 10.3 Å². The monoisotopic (exact) mass is 474 g/mol. The van der Waals surface area contributed by atoms with E-state index in [1.807, 2.05) is 30.3 Å². The van der Waals surface area contributed by atoms with Gasteiger partial charge in [-0.15, -0.1) is 0 Å². The minimum absolute atomic E-state index is 0.424. The number of ether oxygens (including phenoxy) is 5. The molecule has 1 atom stereocenters. The lowest BCUT2D eigenvalue weighted by Gasteiger charge is -2.22. The first kappa shape index (κ1) is 23.7. The van der Waals surface area contributed by atoms with Crippen LogP contribution in [0.5, 0.6) is 28.7 Å². The number of carbonyl (C=O) groups is 1. The summed E-state index contributed by atoms with van der Waals surface area (Å²) in [6.07, 6.45) is 1.05. The Morgan fingerprint density at radius 2 is 1.43 bits per heavy atom. The highest BCUT2D eigenvalue weighted by Crippen LogP contribution is 2.37. The van der Waals surface area contributed by atoms with E-state index in [4.69, 9.17) is 23.7 Å². The van der Waals surface area contributed by atoms with Crippen LogP contribution < -0.4 is 29.0 Å². The fraction of sp³-hybridized carbons (Fsp3) is 0.185. The van der Waals surface area contributed by atoms with E-state index in [2.05, 4.69) is 10.3 Å². The van der Waals surface area contributed by atoms with Crippen LogP contribution in [0.3, 0.4) is 0 Å². The minimum atomic E-state index is -0.673. The third kappa shape index (κ3) is 5.06. The zero-order chi connectivity index (χ0) is 24.8. The molecule has 1 amide bonds. The predicted molar refractivity (Wildman–Crippen MR) is 132 cm³/mol. The van der Waals surface area contributed by atoms with Crippen LogP contribution in [0.15, 0.2) is 72.9 Å². The predicted octanol–water partition coefficient (Wildman–Crippen LogP) is 5.15. The number of hydrogen-bond donors (Lipinski definition) is 1. The minimum Gasteiger partial charge on any atom is -0.493 e. The quantitative estimate of drug-likeness (QED) is 0.378. The Balaban J connectivity index is 1.83. The van der Waals surface area contributed by atoms with Crippen LogP contribution >= 0.6 is 0 Å². The highest BCUT2D eigenvalue weighted by atomic mass is 16.6. The molecule has 0 saturated heterocycles. The fourth-order valence-electron chi connectivity index (χ4n) is 3.84. The van der Waals surface area contributed by atoms with Gasteiger partial charge in [0.05, 0.1) is 34.1 Å². The van der Waals surface area contributed by atoms with E-state index >= 15 is 0 Å². The molecule has 0 aliphatic heterocycles. The van der Waals surface area contributed by atoms with Crippen LogP contribution in [0, 0.1) is 0 Å². The highest BCUT2D eigenvalue weighted by Gasteiger charge is 2.24. The molecule has 8 nitrogen and oxygen atoms in total. The Labute approximate surface area is 203 Å². The molecule has 1 N–H and O–H groups in total. The number of nitrogens with zero attached hydrogens (tertiary/aromatic N) is 1. The van der Waals surface area contributed by atoms with Crippen LogP contribution in [-0.4, -0.2) is 39.5 Å². The Bertz CT molecular complexity index is 1330. The van der Waals surface area contributed by atoms with Crippen molar-refractivity contribution in [3.8, 4) is 28.7 Å². The van der Waals surface area contributed by atoms with Crippen molar-refractivity contribution in [2.75, 3.05) is 28.4 Å². The van der Waals surface area contributed by atoms with Crippen molar-refractivity contribution in [2.45, 2.75) is 6.04 Å². The summed E-state index contributed by atoms with van der Waals surface area (Å²) in [6, 6.07) is 19.2. The third-order valence-corrected chi connectivity index (χ3v) is 5.53. The summed E-state index contributed by atoms with van der Waals surface area (Å²) >= 11 is 0. The molecule has 0 unspecified atom stereocenters. The number of benzene rings is 3. The molecular weight excluding hydrogens is 448 g/mol. The number of fused-ring (bicyclic) bond motifs is 1. The van der Waals surface area contributed by atoms with Gasteiger partial charge in [-0.2, -0.15) is 0 Å². The summed E-state index contributed by atoms with van der Waals surface area (Å²) in [5.74, 6) is 2.66. The van der Waals surface area contributed by atoms with Crippen molar-refractivity contribution in [1.29, 1.82) is 0 Å². The van der Waals surface area contributed by atoms with Gasteiger partial charge in [-0.3, -0.25) is 4.98 Å². The van der Waals surface area contributed by atoms with Gasteiger partial charge in [0, 0.05) is 11.6 Å². The van der Waals surface area contributed by atoms with E-state index in [-0.39, 0.29) is 0 Å². The molecule has 0 aliphatic rings. The first-order valence-corrected chi connectivity index (χ1v) is 10.8. The molecule has 4 rings (SSSR count). The Kier molecular flexibility index (Phi) is 7.21. The molecule has 4 aromatic rings. The molecule has 0 fully saturated rings. The van der Waals surface area contributed by atoms with Crippen LogP contribution in [0.4, 0.5) is 4.79 Å². The van der Waals surface area contributed by atoms with Crippen LogP contribution in [0.1, 0.15) is 17.3 Å². The van der Waals surface area contributed by atoms with Crippen molar-refractivity contribution in [3.05, 3.63) is 84.2 Å². The van der Waals surface area contributed by atoms with Gasteiger partial charge >= 0.3 is 6.09 Å². The zero-order valence-corrected chi connectivity index (χ0v) is 19.9. The van der Waals surface area contributed by atoms with Crippen LogP contribution in [-0.2, 0) is 0 Å². The fourth-order valence-corrected chi connectivity index (χ4v) is 3.84. The lowest BCUT2D eigenvalue weighted by Crippen LogP contribution is -2.32. The topological polar surface area (TPSA) is 88.1 Å². The molecular formula is C27H26N2O6. The Morgan fingerprint density at radius 1 is 0.771 bits per heavy atom. The second-order valence-corrected chi connectivity index (χ2v) is 7.52. The standard InChI is InChI=1S/C27H26N2O6/c1-31-21-11-10-18(15-22(21)32-2)25(29-27(30)35-19-8-6-5-7-9-19)26-20-16-24(34-4)23(33-3)14-17(20)12-13-28-26/h5-16,25H,1-4H3,(H,29,30)/t25-/m1/s1. The van der Waals surface area contributed by atoms with Crippen molar-refractivity contribution in [3.63, 3.8) is 0 Å². The van der Waals surface area contributed by atoms with Gasteiger partial charge in [0.25, 0.3) is 0 Å². The average molecular weight is 475 g/mol. The van der Waals surface area contributed by atoms with Gasteiger partial charge in [-0.25, -0.2) is 4.79 Å². The number of pyridine rings is 1. The van der Waals surface area contributed by atoms with Crippen molar-refractivity contribution in [2.24, 2.45) is 0 Å². The van der Waals surface area contributed by atoms with Gasteiger partial charge in [-0.1, -0.05) is 24.3 Å². The molecule has 3 aromatic carbocycles. The smallest absolute Gasteiger partial charge is 0.413 e. The maximum atomic E-state index is 12.9. The molecule has 0 aliphatic carbocycles. The summed E-state index contributed by atoms with van der Waals surface area (Å²) in [5, 5.41) is 4.61. The Morgan fingerprint density at radius 3 is 2.11 bits per heavy atom. The number of para-hydroxylation sites is 1. The molecule has 0 saturated carbocycles. The highest BCUT2D eigenvalue weighted by molar-refractivity contribution is 5.89. The maximum Gasteiger partial charge on any atom is 0.413 e. The number of nitrogens with one attached hydrogen (secondary N) is 1. The summed E-state index contributed by atoms with van der Waals surface area (Å²) < 4.78 is 27.3. The van der Waals surface area contributed by atoms with E-state index < -0.39 is 12.1 Å². The summed E-state index contributed by atoms with van der Waals surface area (Å²) in [7, 11) is 6.28. The first-order chi connectivity index (χ1) is 17.1. The molecule has 0 spiro atoms. The number of hydrogen-bond acceptors (Lipinski definition) is 7. The van der Waals surface area contributed by atoms with E-state index in [0.29, 0.717) is 34.4 Å². The van der Waals surface area contributed by atoms with Gasteiger partial charge in [0.1, 0.15) is 11.8 Å². The number of amides is 1. The molecule has 8 heteroatoms. The molecule has 0 radical (unpaired) electrons. The molecule has 0 bridgehead atoms. The summed E-state index contributed by atoms with van der Waals surface area (Å²) in [4.78, 5) is 17.6. The third-order valence-electron chi connectivity index (χ3n) is 5.53.